The summed E-state index contributed by atoms with van der Waals surface area (Å²) in [6.45, 7) is 52.7. The molecule has 22 nitrogen and oxygen atoms in total. The van der Waals surface area contributed by atoms with Crippen molar-refractivity contribution in [2.75, 3.05) is 186 Å². The monoisotopic (exact) mass is 1460 g/mol. The molecule has 9 aliphatic heterocycles. The Morgan fingerprint density at radius 2 is 0.272 bits per heavy atom. The molecule has 0 aromatic heterocycles. The molecule has 0 aromatic rings. The second kappa shape index (κ2) is 48.2. The standard InChI is InChI=1S/9C7H16N2.6FH.4O.Sb/c9*1-6-5-8(3)7(2)9(6)4;;;;;;;;;;;/h9*6-7H,5H2,1-4H3;6*1H;;;;;/q;;;;;;;;;;;;;;;;3*-1;/p+3. The molecule has 9 rings (SSSR count). The van der Waals surface area contributed by atoms with E-state index in [-0.39, 0.29) is 28.2 Å². The third-order valence-electron chi connectivity index (χ3n) is 23.7. The van der Waals surface area contributed by atoms with Gasteiger partial charge in [0.05, 0.1) is 177 Å². The van der Waals surface area contributed by atoms with E-state index in [0.29, 0.717) is 55.5 Å². The fourth-order valence-electron chi connectivity index (χ4n) is 13.6. The molecular formula is C63H153F6N18O4Sb. The third-order valence-corrected chi connectivity index (χ3v) is 23.7. The topological polar surface area (TPSA) is 155 Å². The van der Waals surface area contributed by atoms with Gasteiger partial charge in [0.1, 0.15) is 55.5 Å². The average Bonchev–Trinajstić information content (AvgIpc) is 2.70. The van der Waals surface area contributed by atoms with Crippen LogP contribution in [0.4, 0.5) is 0 Å². The number of rotatable bonds is 0. The molecule has 0 radical (unpaired) electrons. The normalized spacial score (nSPS) is 41.1. The number of halogens is 6. The van der Waals surface area contributed by atoms with Gasteiger partial charge in [-0.2, -0.15) is 0 Å². The zero-order valence-corrected chi connectivity index (χ0v) is 68.2. The Morgan fingerprint density at radius 3 is 0.283 bits per heavy atom. The summed E-state index contributed by atoms with van der Waals surface area (Å²) in [5.41, 5.74) is 0. The Labute approximate surface area is 567 Å². The Morgan fingerprint density at radius 1 is 0.217 bits per heavy atom. The van der Waals surface area contributed by atoms with Crippen molar-refractivity contribution in [3.05, 3.63) is 0 Å². The van der Waals surface area contributed by atoms with Crippen LogP contribution in [-0.2, 0) is 3.02 Å². The predicted octanol–water partition coefficient (Wildman–Crippen LogP) is -29.4. The Hall–Kier alpha value is -0.642. The molecule has 9 saturated heterocycles. The Balaban J connectivity index is -0.000000174. The van der Waals surface area contributed by atoms with Gasteiger partial charge >= 0.3 is 33.2 Å². The summed E-state index contributed by atoms with van der Waals surface area (Å²) in [6, 6.07) is 6.87. The van der Waals surface area contributed by atoms with E-state index in [1.165, 1.54) is 58.9 Å². The van der Waals surface area contributed by atoms with Crippen molar-refractivity contribution in [3.63, 3.8) is 0 Å². The molecule has 27 unspecified atom stereocenters. The molecule has 27 atom stereocenters. The van der Waals surface area contributed by atoms with Gasteiger partial charge in [-0.1, -0.05) is 0 Å². The molecule has 0 bridgehead atoms. The molecule has 9 N–H and O–H groups in total. The third kappa shape index (κ3) is 33.9. The second-order valence-electron chi connectivity index (χ2n) is 29.6. The van der Waals surface area contributed by atoms with Gasteiger partial charge in [-0.25, -0.2) is 44.1 Å². The number of nitrogens with one attached hydrogen (secondary N) is 9. The number of likely N-dealkylation sites (N-methyl/N-ethyl adjacent to an activating group) is 18. The molecule has 0 aromatic carbocycles. The predicted molar refractivity (Wildman–Crippen MR) is 352 cm³/mol. The van der Waals surface area contributed by atoms with E-state index in [4.69, 9.17) is 13.2 Å². The number of hydrogen-bond acceptors (Lipinski definition) is 13. The van der Waals surface area contributed by atoms with Crippen molar-refractivity contribution < 1.29 is 85.5 Å². The van der Waals surface area contributed by atoms with Crippen molar-refractivity contribution in [2.45, 2.75) is 234 Å². The van der Waals surface area contributed by atoms with Crippen molar-refractivity contribution in [2.24, 2.45) is 0 Å². The summed E-state index contributed by atoms with van der Waals surface area (Å²) in [5.74, 6) is 0. The van der Waals surface area contributed by atoms with E-state index in [1.807, 2.05) is 0 Å². The van der Waals surface area contributed by atoms with Crippen LogP contribution < -0.4 is 82.5 Å². The maximum atomic E-state index is 8.64. The van der Waals surface area contributed by atoms with Gasteiger partial charge in [-0.15, -0.1) is 0 Å². The minimum absolute atomic E-state index is 0. The van der Waals surface area contributed by atoms with Crippen LogP contribution in [0.15, 0.2) is 0 Å². The zero-order valence-electron chi connectivity index (χ0n) is 65.6. The molecule has 0 spiro atoms. The second-order valence-corrected chi connectivity index (χ2v) is 32.2. The first-order chi connectivity index (χ1) is 39.1. The first-order valence-corrected chi connectivity index (χ1v) is 37.9. The van der Waals surface area contributed by atoms with Crippen LogP contribution in [0.25, 0.3) is 0 Å². The van der Waals surface area contributed by atoms with E-state index >= 15 is 0 Å². The quantitative estimate of drug-likeness (QED) is 0.0836. The first-order valence-electron chi connectivity index (χ1n) is 33.7. The molecule has 9 aliphatic rings. The van der Waals surface area contributed by atoms with Crippen LogP contribution in [0, 0.1) is 0 Å². The van der Waals surface area contributed by atoms with Crippen molar-refractivity contribution in [3.8, 4) is 0 Å². The van der Waals surface area contributed by atoms with Gasteiger partial charge < -0.3 is 72.3 Å². The molecule has 0 saturated carbocycles. The van der Waals surface area contributed by atoms with Crippen LogP contribution in [0.3, 0.4) is 0 Å². The van der Waals surface area contributed by atoms with Crippen molar-refractivity contribution in [1.29, 1.82) is 0 Å². The van der Waals surface area contributed by atoms with Crippen LogP contribution in [0.1, 0.15) is 125 Å². The van der Waals surface area contributed by atoms with Gasteiger partial charge in [0.2, 0.25) is 0 Å². The molecule has 29 heteroatoms. The summed E-state index contributed by atoms with van der Waals surface area (Å²) in [5, 5.41) is 0. The zero-order chi connectivity index (χ0) is 67.6. The van der Waals surface area contributed by atoms with Crippen LogP contribution in [0.2, 0.25) is 0 Å². The molecule has 0 aliphatic carbocycles. The van der Waals surface area contributed by atoms with Crippen LogP contribution in [-0.4, -0.2) is 360 Å². The van der Waals surface area contributed by atoms with E-state index in [1.54, 1.807) is 44.1 Å². The molecule has 0 amide bonds. The van der Waals surface area contributed by atoms with E-state index in [2.05, 4.69) is 296 Å². The fourth-order valence-corrected chi connectivity index (χ4v) is 13.6. The average molecular weight is 1460 g/mol. The van der Waals surface area contributed by atoms with Gasteiger partial charge in [0.15, 0.2) is 0 Å². The Bertz CT molecular complexity index is 1400. The molecule has 9 fully saturated rings. The molecular weight excluding hydrogens is 1310 g/mol. The first kappa shape index (κ1) is 105. The van der Waals surface area contributed by atoms with Crippen molar-refractivity contribution >= 4 is 20.1 Å². The number of nitrogens with zero attached hydrogens (tertiary/aromatic N) is 9. The molecule has 566 valence electrons. The maximum absolute atomic E-state index is 8.64. The van der Waals surface area contributed by atoms with E-state index in [9.17, 15) is 0 Å². The van der Waals surface area contributed by atoms with Gasteiger partial charge in [-0.05, 0) is 126 Å². The fraction of sp³-hybridized carbons (Fsp3) is 1.00. The van der Waals surface area contributed by atoms with Gasteiger partial charge in [-0.3, -0.25) is 0 Å². The summed E-state index contributed by atoms with van der Waals surface area (Å²) in [6.07, 6.45) is 6.37. The molecule has 92 heavy (non-hydrogen) atoms. The summed E-state index contributed by atoms with van der Waals surface area (Å²) < 4.78 is 34.6. The van der Waals surface area contributed by atoms with E-state index in [0.717, 1.165) is 54.4 Å². The number of hydrogen-bond donors (Lipinski definition) is 9. The SMILES string of the molecule is CC1C[NH+](C)C(C)N1C.CC1C[NH+](C)C(C)N1C.CC1C[NH+](C)C(C)N1C.CC1C[NH+](C)C(C)N1C.CC1C[NH+](C)C(C)N1C.CC1C[NH+](C)C(C)N1C.CC1C[NH+](C)C(C)N1C.CC1C[NH+](C)C(C)N1C.CC1C[NH+](C)C(C)N1C.[F-].[F-].[F-].[F-].[F-].[F-].[O]=[Sb]([O-])([O-])[O-]. The van der Waals surface area contributed by atoms with Gasteiger partial charge in [0, 0.05) is 62.3 Å². The van der Waals surface area contributed by atoms with E-state index < -0.39 is 20.1 Å². The minimum atomic E-state index is -6.10. The summed E-state index contributed by atoms with van der Waals surface area (Å²) in [4.78, 5) is 36.5. The van der Waals surface area contributed by atoms with Gasteiger partial charge in [0.25, 0.3) is 0 Å². The van der Waals surface area contributed by atoms with Crippen LogP contribution >= 0.6 is 0 Å². The van der Waals surface area contributed by atoms with Crippen LogP contribution in [0.5, 0.6) is 0 Å². The summed E-state index contributed by atoms with van der Waals surface area (Å²) >= 11 is -6.10. The molecule has 9 heterocycles. The number of quaternary nitrogens is 9. The summed E-state index contributed by atoms with van der Waals surface area (Å²) in [7, 11) is 40.1. The van der Waals surface area contributed by atoms with Crippen molar-refractivity contribution in [1.82, 2.24) is 44.1 Å². The Kier molecular flexibility index (Phi) is 54.9.